The van der Waals surface area contributed by atoms with Gasteiger partial charge in [-0.3, -0.25) is 9.59 Å². The molecule has 9 heteroatoms. The number of carbonyl (C=O) groups is 2. The molecule has 0 bridgehead atoms. The van der Waals surface area contributed by atoms with Gasteiger partial charge in [0.1, 0.15) is 6.54 Å². The molecular formula is C19H27N3O4S2. The molecule has 0 aliphatic carbocycles. The fourth-order valence-corrected chi connectivity index (χ4v) is 5.66. The summed E-state index contributed by atoms with van der Waals surface area (Å²) < 4.78 is 27.2. The number of nitrogens with zero attached hydrogens (tertiary/aromatic N) is 3. The van der Waals surface area contributed by atoms with Crippen molar-refractivity contribution in [3.05, 3.63) is 29.8 Å². The van der Waals surface area contributed by atoms with Crippen molar-refractivity contribution in [1.82, 2.24) is 14.1 Å². The first-order chi connectivity index (χ1) is 13.3. The zero-order valence-corrected chi connectivity index (χ0v) is 18.0. The van der Waals surface area contributed by atoms with Crippen molar-refractivity contribution in [1.29, 1.82) is 0 Å². The van der Waals surface area contributed by atoms with E-state index < -0.39 is 10.0 Å². The molecule has 28 heavy (non-hydrogen) atoms. The standard InChI is InChI=1S/C19H27N3O4S2/c1-3-15(2)16-4-6-17(7-5-16)28(25,26)22-10-8-20(9-11-22)18(23)12-21-14-27-13-19(21)24/h4-7,15H,3,8-14H2,1-2H3/t15-/m1/s1. The predicted octanol–water partition coefficient (Wildman–Crippen LogP) is 1.57. The Kier molecular flexibility index (Phi) is 6.67. The number of piperazine rings is 1. The van der Waals surface area contributed by atoms with E-state index in [2.05, 4.69) is 13.8 Å². The van der Waals surface area contributed by atoms with Gasteiger partial charge in [0.15, 0.2) is 0 Å². The number of benzene rings is 1. The summed E-state index contributed by atoms with van der Waals surface area (Å²) in [7, 11) is -3.56. The highest BCUT2D eigenvalue weighted by molar-refractivity contribution is 8.00. The highest BCUT2D eigenvalue weighted by atomic mass is 32.2. The van der Waals surface area contributed by atoms with E-state index in [1.807, 2.05) is 12.1 Å². The van der Waals surface area contributed by atoms with Gasteiger partial charge < -0.3 is 9.80 Å². The third-order valence-electron chi connectivity index (χ3n) is 5.44. The fraction of sp³-hybridized carbons (Fsp3) is 0.579. The Bertz CT molecular complexity index is 818. The lowest BCUT2D eigenvalue weighted by molar-refractivity contribution is -0.138. The second-order valence-corrected chi connectivity index (χ2v) is 10.1. The van der Waals surface area contributed by atoms with E-state index in [4.69, 9.17) is 0 Å². The van der Waals surface area contributed by atoms with Crippen LogP contribution in [0, 0.1) is 0 Å². The van der Waals surface area contributed by atoms with Gasteiger partial charge in [-0.1, -0.05) is 26.0 Å². The number of rotatable bonds is 6. The van der Waals surface area contributed by atoms with Crippen molar-refractivity contribution < 1.29 is 18.0 Å². The minimum atomic E-state index is -3.56. The molecule has 0 aromatic heterocycles. The monoisotopic (exact) mass is 425 g/mol. The molecule has 154 valence electrons. The Morgan fingerprint density at radius 3 is 2.32 bits per heavy atom. The fourth-order valence-electron chi connectivity index (χ4n) is 3.33. The maximum absolute atomic E-state index is 12.9. The average Bonchev–Trinajstić information content (AvgIpc) is 3.12. The van der Waals surface area contributed by atoms with E-state index >= 15 is 0 Å². The summed E-state index contributed by atoms with van der Waals surface area (Å²) in [4.78, 5) is 27.6. The van der Waals surface area contributed by atoms with E-state index in [1.54, 1.807) is 21.9 Å². The number of amides is 2. The summed E-state index contributed by atoms with van der Waals surface area (Å²) in [6, 6.07) is 7.10. The highest BCUT2D eigenvalue weighted by Gasteiger charge is 2.31. The first-order valence-electron chi connectivity index (χ1n) is 9.56. The summed E-state index contributed by atoms with van der Waals surface area (Å²) in [5.41, 5.74) is 1.13. The van der Waals surface area contributed by atoms with Crippen LogP contribution in [0.1, 0.15) is 31.7 Å². The SMILES string of the molecule is CC[C@@H](C)c1ccc(S(=O)(=O)N2CCN(C(=O)CN3CSCC3=O)CC2)cc1. The van der Waals surface area contributed by atoms with Crippen molar-refractivity contribution in [2.75, 3.05) is 44.4 Å². The normalized spacial score (nSPS) is 19.9. The highest BCUT2D eigenvalue weighted by Crippen LogP contribution is 2.23. The van der Waals surface area contributed by atoms with Crippen LogP contribution in [-0.4, -0.2) is 78.7 Å². The molecule has 7 nitrogen and oxygen atoms in total. The summed E-state index contributed by atoms with van der Waals surface area (Å²) in [5, 5.41) is 0. The Hall–Kier alpha value is -1.58. The summed E-state index contributed by atoms with van der Waals surface area (Å²) in [6.07, 6.45) is 1.00. The van der Waals surface area contributed by atoms with Crippen molar-refractivity contribution in [3.63, 3.8) is 0 Å². The Balaban J connectivity index is 1.58. The Labute approximate surface area is 171 Å². The van der Waals surface area contributed by atoms with Gasteiger partial charge in [0, 0.05) is 26.2 Å². The van der Waals surface area contributed by atoms with Gasteiger partial charge in [-0.05, 0) is 30.0 Å². The first kappa shape index (κ1) is 21.1. The molecule has 1 aromatic rings. The molecule has 2 fully saturated rings. The molecule has 0 saturated carbocycles. The molecule has 0 N–H and O–H groups in total. The molecule has 1 aromatic carbocycles. The topological polar surface area (TPSA) is 78.0 Å². The van der Waals surface area contributed by atoms with Crippen molar-refractivity contribution in [2.45, 2.75) is 31.1 Å². The van der Waals surface area contributed by atoms with Crippen LogP contribution in [0.2, 0.25) is 0 Å². The molecule has 2 amide bonds. The molecule has 1 atom stereocenters. The second-order valence-electron chi connectivity index (χ2n) is 7.23. The van der Waals surface area contributed by atoms with Crippen LogP contribution in [-0.2, 0) is 19.6 Å². The smallest absolute Gasteiger partial charge is 0.243 e. The average molecular weight is 426 g/mol. The van der Waals surface area contributed by atoms with Gasteiger partial charge in [-0.15, -0.1) is 11.8 Å². The second kappa shape index (κ2) is 8.84. The number of hydrogen-bond acceptors (Lipinski definition) is 5. The summed E-state index contributed by atoms with van der Waals surface area (Å²) >= 11 is 1.50. The molecule has 3 rings (SSSR count). The summed E-state index contributed by atoms with van der Waals surface area (Å²) in [6.45, 7) is 5.53. The largest absolute Gasteiger partial charge is 0.339 e. The third-order valence-corrected chi connectivity index (χ3v) is 8.30. The first-order valence-corrected chi connectivity index (χ1v) is 12.2. The molecule has 2 saturated heterocycles. The minimum Gasteiger partial charge on any atom is -0.339 e. The lowest BCUT2D eigenvalue weighted by Gasteiger charge is -2.34. The number of sulfonamides is 1. The van der Waals surface area contributed by atoms with Crippen LogP contribution in [0.4, 0.5) is 0 Å². The van der Waals surface area contributed by atoms with Gasteiger partial charge in [0.05, 0.1) is 16.5 Å². The third kappa shape index (κ3) is 4.52. The number of hydrogen-bond donors (Lipinski definition) is 0. The molecule has 0 unspecified atom stereocenters. The van der Waals surface area contributed by atoms with Crippen molar-refractivity contribution in [3.8, 4) is 0 Å². The van der Waals surface area contributed by atoms with Crippen LogP contribution in [0.15, 0.2) is 29.2 Å². The quantitative estimate of drug-likeness (QED) is 0.691. The van der Waals surface area contributed by atoms with Crippen molar-refractivity contribution >= 4 is 33.6 Å². The van der Waals surface area contributed by atoms with Gasteiger partial charge in [-0.25, -0.2) is 8.42 Å². The van der Waals surface area contributed by atoms with E-state index in [-0.39, 0.29) is 31.4 Å². The molecule has 2 heterocycles. The Morgan fingerprint density at radius 2 is 1.79 bits per heavy atom. The van der Waals surface area contributed by atoms with Crippen LogP contribution in [0.25, 0.3) is 0 Å². The molecule has 0 radical (unpaired) electrons. The van der Waals surface area contributed by atoms with Crippen molar-refractivity contribution in [2.24, 2.45) is 0 Å². The lowest BCUT2D eigenvalue weighted by atomic mass is 9.99. The van der Waals surface area contributed by atoms with Gasteiger partial charge >= 0.3 is 0 Å². The zero-order valence-electron chi connectivity index (χ0n) is 16.3. The van der Waals surface area contributed by atoms with E-state index in [9.17, 15) is 18.0 Å². The maximum Gasteiger partial charge on any atom is 0.243 e. The zero-order chi connectivity index (χ0) is 20.3. The van der Waals surface area contributed by atoms with E-state index in [0.717, 1.165) is 12.0 Å². The molecule has 2 aliphatic rings. The van der Waals surface area contributed by atoms with Gasteiger partial charge in [0.25, 0.3) is 0 Å². The van der Waals surface area contributed by atoms with E-state index in [0.29, 0.717) is 35.5 Å². The maximum atomic E-state index is 12.9. The van der Waals surface area contributed by atoms with Crippen LogP contribution < -0.4 is 0 Å². The lowest BCUT2D eigenvalue weighted by Crippen LogP contribution is -2.52. The van der Waals surface area contributed by atoms with E-state index in [1.165, 1.54) is 16.1 Å². The van der Waals surface area contributed by atoms with Gasteiger partial charge in [-0.2, -0.15) is 4.31 Å². The van der Waals surface area contributed by atoms with Gasteiger partial charge in [0.2, 0.25) is 21.8 Å². The van der Waals surface area contributed by atoms with Crippen LogP contribution in [0.3, 0.4) is 0 Å². The number of thioether (sulfide) groups is 1. The Morgan fingerprint density at radius 1 is 1.14 bits per heavy atom. The summed E-state index contributed by atoms with van der Waals surface area (Å²) in [5.74, 6) is 1.24. The minimum absolute atomic E-state index is 0.0135. The molecule has 0 spiro atoms. The van der Waals surface area contributed by atoms with Crippen LogP contribution in [0.5, 0.6) is 0 Å². The predicted molar refractivity (Wildman–Crippen MR) is 110 cm³/mol. The number of carbonyl (C=O) groups excluding carboxylic acids is 2. The molecular weight excluding hydrogens is 398 g/mol. The van der Waals surface area contributed by atoms with Crippen LogP contribution >= 0.6 is 11.8 Å². The molecule has 2 aliphatic heterocycles.